The second-order valence-corrected chi connectivity index (χ2v) is 8.30. The zero-order valence-electron chi connectivity index (χ0n) is 16.9. The summed E-state index contributed by atoms with van der Waals surface area (Å²) < 4.78 is 5.36. The van der Waals surface area contributed by atoms with Crippen LogP contribution in [0.15, 0.2) is 77.3 Å². The van der Waals surface area contributed by atoms with Crippen LogP contribution in [-0.4, -0.2) is 28.3 Å². The maximum atomic E-state index is 13.1. The largest absolute Gasteiger partial charge is 0.352 e. The molecule has 3 heterocycles. The van der Waals surface area contributed by atoms with Crippen molar-refractivity contribution >= 4 is 22.6 Å². The number of hydrogen-bond donors (Lipinski definition) is 0. The highest BCUT2D eigenvalue weighted by atomic mass is 16.5. The van der Waals surface area contributed by atoms with Crippen molar-refractivity contribution in [3.05, 3.63) is 101 Å². The molecule has 0 spiro atoms. The topological polar surface area (TPSA) is 63.4 Å². The van der Waals surface area contributed by atoms with Crippen LogP contribution in [0.3, 0.4) is 0 Å². The van der Waals surface area contributed by atoms with Crippen LogP contribution in [-0.2, 0) is 12.0 Å². The second-order valence-electron chi connectivity index (χ2n) is 8.30. The summed E-state index contributed by atoms with van der Waals surface area (Å²) in [4.78, 5) is 28.1. The van der Waals surface area contributed by atoms with Gasteiger partial charge in [0.1, 0.15) is 5.52 Å². The first-order chi connectivity index (χ1) is 15.2. The summed E-state index contributed by atoms with van der Waals surface area (Å²) in [6.45, 7) is 0.751. The highest BCUT2D eigenvalue weighted by Crippen LogP contribution is 2.50. The molecule has 31 heavy (non-hydrogen) atoms. The van der Waals surface area contributed by atoms with Crippen LogP contribution < -0.4 is 0 Å². The maximum absolute atomic E-state index is 13.1. The Bertz CT molecular complexity index is 1360. The first kappa shape index (κ1) is 18.1. The van der Waals surface area contributed by atoms with Gasteiger partial charge >= 0.3 is 0 Å². The van der Waals surface area contributed by atoms with Crippen LogP contribution in [0.1, 0.15) is 50.4 Å². The van der Waals surface area contributed by atoms with Crippen molar-refractivity contribution in [3.63, 3.8) is 0 Å². The molecule has 5 heteroatoms. The molecule has 0 bridgehead atoms. The number of carbonyl (C=O) groups excluding carboxylic acids is 2. The van der Waals surface area contributed by atoms with Crippen LogP contribution in [0.4, 0.5) is 0 Å². The van der Waals surface area contributed by atoms with E-state index in [0.717, 1.165) is 47.0 Å². The Kier molecular flexibility index (Phi) is 3.87. The minimum absolute atomic E-state index is 0.0997. The van der Waals surface area contributed by atoms with Crippen molar-refractivity contribution in [1.29, 1.82) is 0 Å². The normalized spacial score (nSPS) is 19.6. The standard InChI is InChI=1S/C26H20N2O3/c29-23(24-20-10-2-4-12-22(20)27-31-24)16-17-7-5-8-18(15-17)26-13-6-14-28(26)25(30)19-9-1-3-11-21(19)26/h1-5,7-12,15H,6,13-14,16H2. The molecule has 3 aromatic carbocycles. The monoisotopic (exact) mass is 408 g/mol. The summed E-state index contributed by atoms with van der Waals surface area (Å²) in [5.74, 6) is 0.292. The molecule has 2 aliphatic rings. The lowest BCUT2D eigenvalue weighted by atomic mass is 9.80. The van der Waals surface area contributed by atoms with Gasteiger partial charge < -0.3 is 9.42 Å². The summed E-state index contributed by atoms with van der Waals surface area (Å²) in [5, 5.41) is 4.73. The van der Waals surface area contributed by atoms with Gasteiger partial charge in [0.2, 0.25) is 11.5 Å². The fraction of sp³-hybridized carbons (Fsp3) is 0.192. The maximum Gasteiger partial charge on any atom is 0.255 e. The smallest absolute Gasteiger partial charge is 0.255 e. The van der Waals surface area contributed by atoms with E-state index in [1.807, 2.05) is 59.5 Å². The van der Waals surface area contributed by atoms with Crippen LogP contribution >= 0.6 is 0 Å². The number of rotatable bonds is 4. The highest BCUT2D eigenvalue weighted by molar-refractivity contribution is 6.05. The highest BCUT2D eigenvalue weighted by Gasteiger charge is 2.53. The number of aromatic nitrogens is 1. The van der Waals surface area contributed by atoms with Gasteiger partial charge in [0.05, 0.1) is 10.9 Å². The van der Waals surface area contributed by atoms with Crippen molar-refractivity contribution < 1.29 is 14.1 Å². The van der Waals surface area contributed by atoms with Gasteiger partial charge in [-0.05, 0) is 47.7 Å². The number of amides is 1. The fourth-order valence-corrected chi connectivity index (χ4v) is 5.30. The van der Waals surface area contributed by atoms with Crippen LogP contribution in [0.5, 0.6) is 0 Å². The molecule has 1 aromatic heterocycles. The Morgan fingerprint density at radius 1 is 1.03 bits per heavy atom. The summed E-state index contributed by atoms with van der Waals surface area (Å²) in [5.41, 5.74) is 4.07. The van der Waals surface area contributed by atoms with E-state index in [4.69, 9.17) is 4.52 Å². The molecule has 1 saturated heterocycles. The van der Waals surface area contributed by atoms with Gasteiger partial charge in [-0.2, -0.15) is 0 Å². The van der Waals surface area contributed by atoms with Crippen molar-refractivity contribution in [2.75, 3.05) is 6.54 Å². The molecule has 1 atom stereocenters. The molecule has 0 radical (unpaired) electrons. The molecule has 152 valence electrons. The molecule has 0 aliphatic carbocycles. The molecule has 1 unspecified atom stereocenters. The summed E-state index contributed by atoms with van der Waals surface area (Å²) in [6, 6.07) is 23.4. The Labute approximate surface area is 179 Å². The van der Waals surface area contributed by atoms with Crippen LogP contribution in [0, 0.1) is 0 Å². The van der Waals surface area contributed by atoms with E-state index < -0.39 is 5.54 Å². The first-order valence-corrected chi connectivity index (χ1v) is 10.6. The molecule has 0 N–H and O–H groups in total. The van der Waals surface area contributed by atoms with E-state index in [0.29, 0.717) is 11.3 Å². The molecule has 1 fully saturated rings. The zero-order chi connectivity index (χ0) is 21.0. The third kappa shape index (κ3) is 2.53. The molecule has 5 nitrogen and oxygen atoms in total. The van der Waals surface area contributed by atoms with Crippen molar-refractivity contribution in [2.24, 2.45) is 0 Å². The Morgan fingerprint density at radius 3 is 2.81 bits per heavy atom. The fourth-order valence-electron chi connectivity index (χ4n) is 5.30. The lowest BCUT2D eigenvalue weighted by Crippen LogP contribution is -2.39. The van der Waals surface area contributed by atoms with Gasteiger partial charge in [-0.3, -0.25) is 9.59 Å². The third-order valence-corrected chi connectivity index (χ3v) is 6.64. The third-order valence-electron chi connectivity index (χ3n) is 6.64. The minimum Gasteiger partial charge on any atom is -0.352 e. The van der Waals surface area contributed by atoms with E-state index >= 15 is 0 Å². The van der Waals surface area contributed by atoms with Gasteiger partial charge in [0.15, 0.2) is 0 Å². The molecule has 4 aromatic rings. The lowest BCUT2D eigenvalue weighted by Gasteiger charge is -2.34. The zero-order valence-corrected chi connectivity index (χ0v) is 16.9. The number of ketones is 1. The molecular weight excluding hydrogens is 388 g/mol. The van der Waals surface area contributed by atoms with E-state index in [-0.39, 0.29) is 18.1 Å². The van der Waals surface area contributed by atoms with Crippen molar-refractivity contribution in [2.45, 2.75) is 24.8 Å². The summed E-state index contributed by atoms with van der Waals surface area (Å²) in [6.07, 6.45) is 2.08. The molecular formula is C26H20N2O3. The van der Waals surface area contributed by atoms with Crippen molar-refractivity contribution in [1.82, 2.24) is 10.1 Å². The van der Waals surface area contributed by atoms with E-state index in [9.17, 15) is 9.59 Å². The number of fused-ring (bicyclic) bond motifs is 4. The number of benzene rings is 3. The van der Waals surface area contributed by atoms with Crippen LogP contribution in [0.2, 0.25) is 0 Å². The van der Waals surface area contributed by atoms with Gasteiger partial charge in [0.25, 0.3) is 5.91 Å². The first-order valence-electron chi connectivity index (χ1n) is 10.6. The number of carbonyl (C=O) groups is 2. The quantitative estimate of drug-likeness (QED) is 0.457. The summed E-state index contributed by atoms with van der Waals surface area (Å²) in [7, 11) is 0. The number of hydrogen-bond acceptors (Lipinski definition) is 4. The Balaban J connectivity index is 1.39. The van der Waals surface area contributed by atoms with E-state index in [1.54, 1.807) is 0 Å². The SMILES string of the molecule is O=C(Cc1cccc(C23CCCN2C(=O)c2ccccc23)c1)c1onc2ccccc12. The predicted octanol–water partition coefficient (Wildman–Crippen LogP) is 4.75. The van der Waals surface area contributed by atoms with E-state index in [2.05, 4.69) is 23.4 Å². The van der Waals surface area contributed by atoms with Crippen LogP contribution in [0.25, 0.3) is 10.9 Å². The molecule has 6 rings (SSSR count). The minimum atomic E-state index is -0.439. The number of nitrogens with zero attached hydrogens (tertiary/aromatic N) is 2. The number of Topliss-reactive ketones (excluding diaryl/α,β-unsaturated/α-hetero) is 1. The molecule has 0 saturated carbocycles. The average molecular weight is 408 g/mol. The second kappa shape index (κ2) is 6.64. The van der Waals surface area contributed by atoms with E-state index in [1.165, 1.54) is 0 Å². The predicted molar refractivity (Wildman–Crippen MR) is 116 cm³/mol. The summed E-state index contributed by atoms with van der Waals surface area (Å²) >= 11 is 0. The van der Waals surface area contributed by atoms with Gasteiger partial charge in [-0.15, -0.1) is 0 Å². The Morgan fingerprint density at radius 2 is 1.87 bits per heavy atom. The lowest BCUT2D eigenvalue weighted by molar-refractivity contribution is 0.0711. The molecule has 2 aliphatic heterocycles. The van der Waals surface area contributed by atoms with Gasteiger partial charge in [-0.25, -0.2) is 0 Å². The Hall–Kier alpha value is -3.73. The van der Waals surface area contributed by atoms with Gasteiger partial charge in [0, 0.05) is 18.5 Å². The van der Waals surface area contributed by atoms with Crippen molar-refractivity contribution in [3.8, 4) is 0 Å². The molecule has 1 amide bonds. The average Bonchev–Trinajstić information content (AvgIpc) is 3.49. The van der Waals surface area contributed by atoms with Gasteiger partial charge in [-0.1, -0.05) is 59.8 Å².